The van der Waals surface area contributed by atoms with Crippen molar-refractivity contribution in [2.75, 3.05) is 14.1 Å². The Hall–Kier alpha value is -2.10. The van der Waals surface area contributed by atoms with E-state index in [1.807, 2.05) is 30.3 Å². The van der Waals surface area contributed by atoms with Gasteiger partial charge in [-0.15, -0.1) is 0 Å². The molecule has 1 aromatic heterocycles. The van der Waals surface area contributed by atoms with E-state index in [9.17, 15) is 9.59 Å². The molecule has 0 spiro atoms. The summed E-state index contributed by atoms with van der Waals surface area (Å²) in [7, 11) is 3.38. The van der Waals surface area contributed by atoms with Gasteiger partial charge in [0, 0.05) is 38.5 Å². The zero-order valence-corrected chi connectivity index (χ0v) is 10.6. The number of fused-ring (bicyclic) bond motifs is 1. The molecule has 18 heavy (non-hydrogen) atoms. The highest BCUT2D eigenvalue weighted by Crippen LogP contribution is 2.15. The molecular weight excluding hydrogens is 228 g/mol. The number of para-hydroxylation sites is 1. The van der Waals surface area contributed by atoms with E-state index in [-0.39, 0.29) is 24.7 Å². The molecule has 0 aliphatic carbocycles. The first-order chi connectivity index (χ1) is 8.59. The maximum absolute atomic E-state index is 12.0. The zero-order valence-electron chi connectivity index (χ0n) is 10.6. The number of carbonyl (C=O) groups excluding carboxylic acids is 2. The molecule has 0 N–H and O–H groups in total. The minimum absolute atomic E-state index is 0.0280. The number of hydrogen-bond donors (Lipinski definition) is 0. The van der Waals surface area contributed by atoms with E-state index in [1.54, 1.807) is 24.9 Å². The summed E-state index contributed by atoms with van der Waals surface area (Å²) < 4.78 is 1.61. The standard InChI is InChI=1S/C14H16N2O2/c1-15(2)13(17)7-8-14(18)16-10-9-11-5-3-4-6-12(11)16/h3-6,9-10H,7-8H2,1-2H3. The Labute approximate surface area is 106 Å². The maximum atomic E-state index is 12.0. The number of rotatable bonds is 3. The van der Waals surface area contributed by atoms with Crippen molar-refractivity contribution in [3.63, 3.8) is 0 Å². The minimum atomic E-state index is -0.0496. The first-order valence-corrected chi connectivity index (χ1v) is 5.89. The van der Waals surface area contributed by atoms with Gasteiger partial charge in [0.2, 0.25) is 11.8 Å². The molecule has 0 saturated heterocycles. The molecule has 4 nitrogen and oxygen atoms in total. The highest BCUT2D eigenvalue weighted by Gasteiger charge is 2.11. The summed E-state index contributed by atoms with van der Waals surface area (Å²) in [5.74, 6) is -0.0776. The van der Waals surface area contributed by atoms with Gasteiger partial charge in [-0.1, -0.05) is 18.2 Å². The molecule has 0 atom stereocenters. The third kappa shape index (κ3) is 2.42. The normalized spacial score (nSPS) is 10.6. The summed E-state index contributed by atoms with van der Waals surface area (Å²) in [6, 6.07) is 9.61. The molecule has 0 aliphatic rings. The number of aromatic nitrogens is 1. The summed E-state index contributed by atoms with van der Waals surface area (Å²) in [6.45, 7) is 0. The van der Waals surface area contributed by atoms with Gasteiger partial charge >= 0.3 is 0 Å². The lowest BCUT2D eigenvalue weighted by Crippen LogP contribution is -2.23. The smallest absolute Gasteiger partial charge is 0.231 e. The Morgan fingerprint density at radius 1 is 1.11 bits per heavy atom. The topological polar surface area (TPSA) is 42.3 Å². The highest BCUT2D eigenvalue weighted by atomic mass is 16.2. The second-order valence-corrected chi connectivity index (χ2v) is 4.43. The Morgan fingerprint density at radius 2 is 1.83 bits per heavy atom. The number of hydrogen-bond acceptors (Lipinski definition) is 2. The van der Waals surface area contributed by atoms with Crippen LogP contribution in [0.5, 0.6) is 0 Å². The van der Waals surface area contributed by atoms with Crippen LogP contribution in [0.25, 0.3) is 10.9 Å². The lowest BCUT2D eigenvalue weighted by molar-refractivity contribution is -0.128. The van der Waals surface area contributed by atoms with Gasteiger partial charge in [0.25, 0.3) is 0 Å². The fourth-order valence-corrected chi connectivity index (χ4v) is 1.86. The second-order valence-electron chi connectivity index (χ2n) is 4.43. The van der Waals surface area contributed by atoms with Crippen LogP contribution in [0.15, 0.2) is 36.5 Å². The number of carbonyl (C=O) groups is 2. The number of amides is 1. The third-order valence-electron chi connectivity index (χ3n) is 2.92. The quantitative estimate of drug-likeness (QED) is 0.830. The van der Waals surface area contributed by atoms with Crippen LogP contribution in [0.1, 0.15) is 17.6 Å². The fourth-order valence-electron chi connectivity index (χ4n) is 1.86. The van der Waals surface area contributed by atoms with Gasteiger partial charge in [-0.25, -0.2) is 0 Å². The van der Waals surface area contributed by atoms with Crippen LogP contribution >= 0.6 is 0 Å². The van der Waals surface area contributed by atoms with Gasteiger partial charge in [0.1, 0.15) is 0 Å². The zero-order chi connectivity index (χ0) is 13.1. The summed E-state index contributed by atoms with van der Waals surface area (Å²) in [4.78, 5) is 25.0. The van der Waals surface area contributed by atoms with E-state index >= 15 is 0 Å². The molecular formula is C14H16N2O2. The molecule has 4 heteroatoms. The van der Waals surface area contributed by atoms with Crippen LogP contribution in [-0.2, 0) is 4.79 Å². The van der Waals surface area contributed by atoms with Crippen LogP contribution in [0.3, 0.4) is 0 Å². The molecule has 94 valence electrons. The molecule has 0 fully saturated rings. The van der Waals surface area contributed by atoms with Gasteiger partial charge in [-0.2, -0.15) is 0 Å². The predicted octanol–water partition coefficient (Wildman–Crippen LogP) is 2.15. The average Bonchev–Trinajstić information content (AvgIpc) is 2.79. The molecule has 0 bridgehead atoms. The van der Waals surface area contributed by atoms with Crippen LogP contribution in [0.2, 0.25) is 0 Å². The van der Waals surface area contributed by atoms with E-state index in [0.29, 0.717) is 0 Å². The fraction of sp³-hybridized carbons (Fsp3) is 0.286. The first kappa shape index (κ1) is 12.4. The highest BCUT2D eigenvalue weighted by molar-refractivity contribution is 5.93. The molecule has 1 amide bonds. The minimum Gasteiger partial charge on any atom is -0.349 e. The van der Waals surface area contributed by atoms with E-state index in [4.69, 9.17) is 0 Å². The van der Waals surface area contributed by atoms with E-state index in [2.05, 4.69) is 0 Å². The monoisotopic (exact) mass is 244 g/mol. The van der Waals surface area contributed by atoms with Gasteiger partial charge in [0.05, 0.1) is 5.52 Å². The van der Waals surface area contributed by atoms with E-state index in [0.717, 1.165) is 10.9 Å². The van der Waals surface area contributed by atoms with Crippen molar-refractivity contribution in [1.29, 1.82) is 0 Å². The number of benzene rings is 1. The maximum Gasteiger partial charge on any atom is 0.231 e. The van der Waals surface area contributed by atoms with Gasteiger partial charge in [0.15, 0.2) is 0 Å². The van der Waals surface area contributed by atoms with Crippen LogP contribution in [-0.4, -0.2) is 35.4 Å². The molecule has 2 rings (SSSR count). The van der Waals surface area contributed by atoms with E-state index < -0.39 is 0 Å². The second kappa shape index (κ2) is 5.04. The van der Waals surface area contributed by atoms with Gasteiger partial charge in [-0.05, 0) is 12.1 Å². The van der Waals surface area contributed by atoms with Gasteiger partial charge in [-0.3, -0.25) is 14.2 Å². The molecule has 0 radical (unpaired) electrons. The van der Waals surface area contributed by atoms with Crippen molar-refractivity contribution < 1.29 is 9.59 Å². The SMILES string of the molecule is CN(C)C(=O)CCC(=O)n1ccc2ccccc21. The summed E-state index contributed by atoms with van der Waals surface area (Å²) in [5, 5.41) is 1.03. The molecule has 1 heterocycles. The van der Waals surface area contributed by atoms with Crippen molar-refractivity contribution in [2.24, 2.45) is 0 Å². The Morgan fingerprint density at radius 3 is 2.56 bits per heavy atom. The molecule has 2 aromatic rings. The third-order valence-corrected chi connectivity index (χ3v) is 2.92. The van der Waals surface area contributed by atoms with Crippen molar-refractivity contribution in [2.45, 2.75) is 12.8 Å². The Balaban J connectivity index is 2.12. The molecule has 0 aliphatic heterocycles. The van der Waals surface area contributed by atoms with Crippen molar-refractivity contribution >= 4 is 22.7 Å². The predicted molar refractivity (Wildman–Crippen MR) is 70.5 cm³/mol. The lowest BCUT2D eigenvalue weighted by Gasteiger charge is -2.09. The largest absolute Gasteiger partial charge is 0.349 e. The van der Waals surface area contributed by atoms with Crippen molar-refractivity contribution in [3.8, 4) is 0 Å². The first-order valence-electron chi connectivity index (χ1n) is 5.89. The van der Waals surface area contributed by atoms with Crippen LogP contribution in [0, 0.1) is 0 Å². The molecule has 0 unspecified atom stereocenters. The Bertz CT molecular complexity index is 584. The Kier molecular flexibility index (Phi) is 3.46. The number of nitrogens with zero attached hydrogens (tertiary/aromatic N) is 2. The summed E-state index contributed by atoms with van der Waals surface area (Å²) in [5.41, 5.74) is 0.889. The lowest BCUT2D eigenvalue weighted by atomic mass is 10.2. The van der Waals surface area contributed by atoms with Crippen molar-refractivity contribution in [3.05, 3.63) is 36.5 Å². The molecule has 0 saturated carbocycles. The summed E-state index contributed by atoms with van der Waals surface area (Å²) in [6.07, 6.45) is 2.24. The average molecular weight is 244 g/mol. The van der Waals surface area contributed by atoms with Crippen LogP contribution < -0.4 is 0 Å². The van der Waals surface area contributed by atoms with Crippen molar-refractivity contribution in [1.82, 2.24) is 9.47 Å². The van der Waals surface area contributed by atoms with Gasteiger partial charge < -0.3 is 4.90 Å². The van der Waals surface area contributed by atoms with Crippen LogP contribution in [0.4, 0.5) is 0 Å². The summed E-state index contributed by atoms with van der Waals surface area (Å²) >= 11 is 0. The van der Waals surface area contributed by atoms with E-state index in [1.165, 1.54) is 4.90 Å². The molecule has 1 aromatic carbocycles.